The highest BCUT2D eigenvalue weighted by Crippen LogP contribution is 2.33. The summed E-state index contributed by atoms with van der Waals surface area (Å²) in [5.41, 5.74) is 2.95. The number of halogens is 2. The number of furan rings is 1. The van der Waals surface area contributed by atoms with Crippen LogP contribution in [-0.4, -0.2) is 17.0 Å². The maximum Gasteiger partial charge on any atom is 0.281 e. The van der Waals surface area contributed by atoms with Crippen molar-refractivity contribution in [2.45, 2.75) is 0 Å². The fraction of sp³-hybridized carbons (Fsp3) is 0. The summed E-state index contributed by atoms with van der Waals surface area (Å²) in [6.45, 7) is 0. The van der Waals surface area contributed by atoms with Gasteiger partial charge in [-0.3, -0.25) is 14.9 Å². The number of rotatable bonds is 5. The van der Waals surface area contributed by atoms with Crippen molar-refractivity contribution in [3.8, 4) is 11.3 Å². The molecule has 0 aliphatic carbocycles. The molecule has 2 aromatic carbocycles. The smallest absolute Gasteiger partial charge is 0.281 e. The van der Waals surface area contributed by atoms with Crippen molar-refractivity contribution in [3.05, 3.63) is 85.5 Å². The Labute approximate surface area is 166 Å². The zero-order valence-electron chi connectivity index (χ0n) is 13.6. The van der Waals surface area contributed by atoms with Crippen LogP contribution in [0.3, 0.4) is 0 Å². The predicted octanol–water partition coefficient (Wildman–Crippen LogP) is 5.03. The van der Waals surface area contributed by atoms with Crippen LogP contribution in [0.25, 0.3) is 11.3 Å². The first-order valence-corrected chi connectivity index (χ1v) is 8.75. The molecule has 1 aromatic heterocycles. The fourth-order valence-corrected chi connectivity index (χ4v) is 2.92. The number of nitrogens with one attached hydrogen (secondary N) is 1. The number of hydrazone groups is 1. The van der Waals surface area contributed by atoms with Crippen molar-refractivity contribution in [3.63, 3.8) is 0 Å². The Balaban J connectivity index is 1.75. The number of hydrogen-bond donors (Lipinski definition) is 1. The highest BCUT2D eigenvalue weighted by molar-refractivity contribution is 9.10. The number of nitrogens with zero attached hydrogens (tertiary/aromatic N) is 2. The van der Waals surface area contributed by atoms with E-state index >= 15 is 0 Å². The molecule has 0 bridgehead atoms. The summed E-state index contributed by atoms with van der Waals surface area (Å²) >= 11 is 9.10. The molecule has 0 fully saturated rings. The minimum absolute atomic E-state index is 0.164. The van der Waals surface area contributed by atoms with E-state index in [4.69, 9.17) is 16.0 Å². The number of nitro groups is 1. The molecule has 0 saturated heterocycles. The number of amides is 1. The molecule has 1 amide bonds. The minimum atomic E-state index is -0.532. The highest BCUT2D eigenvalue weighted by atomic mass is 79.9. The van der Waals surface area contributed by atoms with Gasteiger partial charge in [0.25, 0.3) is 11.6 Å². The van der Waals surface area contributed by atoms with Gasteiger partial charge in [0.2, 0.25) is 0 Å². The third kappa shape index (κ3) is 4.42. The van der Waals surface area contributed by atoms with E-state index in [9.17, 15) is 14.9 Å². The third-order valence-electron chi connectivity index (χ3n) is 3.53. The van der Waals surface area contributed by atoms with Gasteiger partial charge in [0.05, 0.1) is 22.3 Å². The summed E-state index contributed by atoms with van der Waals surface area (Å²) in [5.74, 6) is 0.220. The molecular formula is C18H11BrClN3O4. The van der Waals surface area contributed by atoms with Crippen LogP contribution in [0.4, 0.5) is 5.69 Å². The lowest BCUT2D eigenvalue weighted by Crippen LogP contribution is -2.17. The Morgan fingerprint density at radius 3 is 2.74 bits per heavy atom. The van der Waals surface area contributed by atoms with E-state index in [-0.39, 0.29) is 22.4 Å². The molecule has 0 radical (unpaired) electrons. The van der Waals surface area contributed by atoms with Crippen molar-refractivity contribution < 1.29 is 14.1 Å². The molecular weight excluding hydrogens is 438 g/mol. The van der Waals surface area contributed by atoms with Gasteiger partial charge >= 0.3 is 0 Å². The lowest BCUT2D eigenvalue weighted by molar-refractivity contribution is -0.384. The lowest BCUT2D eigenvalue weighted by Gasteiger charge is -2.01. The summed E-state index contributed by atoms with van der Waals surface area (Å²) in [7, 11) is 0. The molecule has 0 aliphatic rings. The fourth-order valence-electron chi connectivity index (χ4n) is 2.29. The molecule has 0 unspecified atom stereocenters. The van der Waals surface area contributed by atoms with Gasteiger partial charge in [-0.2, -0.15) is 5.10 Å². The number of carbonyl (C=O) groups is 1. The van der Waals surface area contributed by atoms with Crippen LogP contribution in [0.5, 0.6) is 0 Å². The lowest BCUT2D eigenvalue weighted by atomic mass is 10.1. The molecule has 1 heterocycles. The van der Waals surface area contributed by atoms with Gasteiger partial charge < -0.3 is 4.42 Å². The molecule has 0 aliphatic heterocycles. The van der Waals surface area contributed by atoms with E-state index in [0.29, 0.717) is 21.4 Å². The van der Waals surface area contributed by atoms with Crippen LogP contribution < -0.4 is 5.43 Å². The largest absolute Gasteiger partial charge is 0.455 e. The van der Waals surface area contributed by atoms with Crippen LogP contribution in [0.15, 0.2) is 68.6 Å². The van der Waals surface area contributed by atoms with E-state index < -0.39 is 4.92 Å². The molecule has 7 nitrogen and oxygen atoms in total. The van der Waals surface area contributed by atoms with Gasteiger partial charge in [0.1, 0.15) is 11.5 Å². The van der Waals surface area contributed by atoms with Crippen LogP contribution in [0, 0.1) is 10.1 Å². The average Bonchev–Trinajstić information content (AvgIpc) is 3.10. The van der Waals surface area contributed by atoms with E-state index in [1.807, 2.05) is 0 Å². The molecule has 9 heteroatoms. The second kappa shape index (κ2) is 8.15. The van der Waals surface area contributed by atoms with Crippen molar-refractivity contribution in [1.82, 2.24) is 5.43 Å². The zero-order valence-corrected chi connectivity index (χ0v) is 15.9. The number of hydrogen-bond acceptors (Lipinski definition) is 5. The second-order valence-electron chi connectivity index (χ2n) is 5.30. The standard InChI is InChI=1S/C18H11BrClN3O4/c19-15-4-2-1-3-13(15)18(24)22-21-10-12-6-8-17(27-12)14-7-5-11(20)9-16(14)23(25)26/h1-10H,(H,22,24)/b21-10-. The molecule has 0 atom stereocenters. The monoisotopic (exact) mass is 447 g/mol. The quantitative estimate of drug-likeness (QED) is 0.336. The third-order valence-corrected chi connectivity index (χ3v) is 4.45. The Kier molecular flexibility index (Phi) is 5.68. The Bertz CT molecular complexity index is 1050. The topological polar surface area (TPSA) is 97.7 Å². The van der Waals surface area contributed by atoms with Gasteiger partial charge in [-0.25, -0.2) is 5.43 Å². The van der Waals surface area contributed by atoms with Crippen molar-refractivity contribution in [1.29, 1.82) is 0 Å². The van der Waals surface area contributed by atoms with Crippen molar-refractivity contribution >= 4 is 45.3 Å². The molecule has 0 saturated carbocycles. The molecule has 0 spiro atoms. The van der Waals surface area contributed by atoms with Gasteiger partial charge in [0.15, 0.2) is 0 Å². The second-order valence-corrected chi connectivity index (χ2v) is 6.59. The highest BCUT2D eigenvalue weighted by Gasteiger charge is 2.18. The predicted molar refractivity (Wildman–Crippen MR) is 105 cm³/mol. The molecule has 136 valence electrons. The van der Waals surface area contributed by atoms with Gasteiger partial charge in [0, 0.05) is 15.6 Å². The number of nitro benzene ring substituents is 1. The van der Waals surface area contributed by atoms with Crippen molar-refractivity contribution in [2.75, 3.05) is 0 Å². The maximum atomic E-state index is 12.1. The van der Waals surface area contributed by atoms with Gasteiger partial charge in [-0.15, -0.1) is 0 Å². The van der Waals surface area contributed by atoms with Crippen LogP contribution in [0.1, 0.15) is 16.1 Å². The minimum Gasteiger partial charge on any atom is -0.455 e. The van der Waals surface area contributed by atoms with Gasteiger partial charge in [-0.1, -0.05) is 23.7 Å². The van der Waals surface area contributed by atoms with Gasteiger partial charge in [-0.05, 0) is 52.3 Å². The Morgan fingerprint density at radius 2 is 2.00 bits per heavy atom. The Hall–Kier alpha value is -2.97. The maximum absolute atomic E-state index is 12.1. The van der Waals surface area contributed by atoms with Crippen molar-refractivity contribution in [2.24, 2.45) is 5.10 Å². The zero-order chi connectivity index (χ0) is 19.4. The number of benzene rings is 2. The Morgan fingerprint density at radius 1 is 1.22 bits per heavy atom. The molecule has 27 heavy (non-hydrogen) atoms. The summed E-state index contributed by atoms with van der Waals surface area (Å²) in [5, 5.41) is 15.3. The summed E-state index contributed by atoms with van der Waals surface area (Å²) in [6.07, 6.45) is 1.31. The van der Waals surface area contributed by atoms with Crippen LogP contribution in [-0.2, 0) is 0 Å². The first-order chi connectivity index (χ1) is 13.0. The normalized spacial score (nSPS) is 10.9. The first-order valence-electron chi connectivity index (χ1n) is 7.58. The summed E-state index contributed by atoms with van der Waals surface area (Å²) in [6, 6.07) is 14.4. The molecule has 3 rings (SSSR count). The van der Waals surface area contributed by atoms with Crippen LogP contribution in [0.2, 0.25) is 5.02 Å². The molecule has 3 aromatic rings. The van der Waals surface area contributed by atoms with E-state index in [0.717, 1.165) is 0 Å². The van der Waals surface area contributed by atoms with Crippen LogP contribution >= 0.6 is 27.5 Å². The number of carbonyl (C=O) groups excluding carboxylic acids is 1. The summed E-state index contributed by atoms with van der Waals surface area (Å²) in [4.78, 5) is 22.7. The van der Waals surface area contributed by atoms with E-state index in [1.54, 1.807) is 36.4 Å². The average molecular weight is 449 g/mol. The van der Waals surface area contributed by atoms with E-state index in [1.165, 1.54) is 24.4 Å². The summed E-state index contributed by atoms with van der Waals surface area (Å²) < 4.78 is 6.20. The van der Waals surface area contributed by atoms with E-state index in [2.05, 4.69) is 26.5 Å². The molecule has 1 N–H and O–H groups in total. The SMILES string of the molecule is O=C(N/N=C\c1ccc(-c2ccc(Cl)cc2[N+](=O)[O-])o1)c1ccccc1Br. The first kappa shape index (κ1) is 18.8.